The van der Waals surface area contributed by atoms with Gasteiger partial charge < -0.3 is 19.3 Å². The standard InChI is InChI=1S/C31H60O6/c1-3-5-7-9-11-13-15-17-19-21-25-35-27-29(28-37-31(34)24-23-30(32)33)36-26-22-20-18-16-14-12-10-8-6-4-2/h29H,3-28H2,1-2H3,(H,32,33). The zero-order chi connectivity index (χ0) is 27.2. The summed E-state index contributed by atoms with van der Waals surface area (Å²) in [6.07, 6.45) is 25.0. The highest BCUT2D eigenvalue weighted by Gasteiger charge is 2.14. The van der Waals surface area contributed by atoms with Crippen LogP contribution in [0.25, 0.3) is 0 Å². The molecule has 6 heteroatoms. The van der Waals surface area contributed by atoms with E-state index in [0.717, 1.165) is 19.3 Å². The number of esters is 1. The second-order valence-corrected chi connectivity index (χ2v) is 10.5. The van der Waals surface area contributed by atoms with Crippen molar-refractivity contribution in [3.8, 4) is 0 Å². The summed E-state index contributed by atoms with van der Waals surface area (Å²) >= 11 is 0. The van der Waals surface area contributed by atoms with Gasteiger partial charge in [-0.2, -0.15) is 0 Å². The van der Waals surface area contributed by atoms with Crippen molar-refractivity contribution in [1.29, 1.82) is 0 Å². The number of carboxylic acid groups (broad SMARTS) is 1. The summed E-state index contributed by atoms with van der Waals surface area (Å²) in [5.41, 5.74) is 0. The molecule has 37 heavy (non-hydrogen) atoms. The summed E-state index contributed by atoms with van der Waals surface area (Å²) in [7, 11) is 0. The second-order valence-electron chi connectivity index (χ2n) is 10.5. The van der Waals surface area contributed by atoms with Gasteiger partial charge >= 0.3 is 11.9 Å². The van der Waals surface area contributed by atoms with Gasteiger partial charge in [0.15, 0.2) is 0 Å². The van der Waals surface area contributed by atoms with Crippen LogP contribution in [0.3, 0.4) is 0 Å². The molecule has 0 radical (unpaired) electrons. The van der Waals surface area contributed by atoms with Gasteiger partial charge in [0.1, 0.15) is 12.7 Å². The van der Waals surface area contributed by atoms with E-state index in [-0.39, 0.29) is 25.6 Å². The first kappa shape index (κ1) is 35.9. The number of carbonyl (C=O) groups is 2. The molecule has 220 valence electrons. The third-order valence-corrected chi connectivity index (χ3v) is 6.77. The minimum Gasteiger partial charge on any atom is -0.481 e. The molecule has 6 nitrogen and oxygen atoms in total. The Kier molecular flexibility index (Phi) is 28.5. The summed E-state index contributed by atoms with van der Waals surface area (Å²) in [6.45, 7) is 6.36. The van der Waals surface area contributed by atoms with Gasteiger partial charge in [0.25, 0.3) is 0 Å². The zero-order valence-electron chi connectivity index (χ0n) is 24.5. The fourth-order valence-corrected chi connectivity index (χ4v) is 4.36. The highest BCUT2D eigenvalue weighted by atomic mass is 16.6. The largest absolute Gasteiger partial charge is 0.481 e. The van der Waals surface area contributed by atoms with E-state index < -0.39 is 11.9 Å². The number of ether oxygens (including phenoxy) is 3. The lowest BCUT2D eigenvalue weighted by Crippen LogP contribution is -2.28. The molecule has 1 unspecified atom stereocenters. The lowest BCUT2D eigenvalue weighted by molar-refractivity contribution is -0.152. The van der Waals surface area contributed by atoms with E-state index in [2.05, 4.69) is 13.8 Å². The SMILES string of the molecule is CCCCCCCCCCCCOCC(COC(=O)CCC(=O)O)OCCCCCCCCCCCC. The van der Waals surface area contributed by atoms with Crippen LogP contribution in [0.5, 0.6) is 0 Å². The summed E-state index contributed by atoms with van der Waals surface area (Å²) < 4.78 is 17.1. The molecule has 0 saturated heterocycles. The van der Waals surface area contributed by atoms with Crippen molar-refractivity contribution in [3.05, 3.63) is 0 Å². The molecule has 0 aromatic heterocycles. The quantitative estimate of drug-likeness (QED) is 0.0742. The minimum absolute atomic E-state index is 0.111. The Labute approximate surface area is 228 Å². The fourth-order valence-electron chi connectivity index (χ4n) is 4.36. The van der Waals surface area contributed by atoms with Crippen molar-refractivity contribution in [2.24, 2.45) is 0 Å². The average molecular weight is 529 g/mol. The number of unbranched alkanes of at least 4 members (excludes halogenated alkanes) is 18. The molecule has 0 bridgehead atoms. The molecule has 0 spiro atoms. The molecule has 0 aliphatic carbocycles. The topological polar surface area (TPSA) is 82.1 Å². The molecule has 1 atom stereocenters. The lowest BCUT2D eigenvalue weighted by Gasteiger charge is -2.18. The summed E-state index contributed by atoms with van der Waals surface area (Å²) in [5, 5.41) is 8.73. The molecule has 0 aromatic rings. The number of hydrogen-bond donors (Lipinski definition) is 1. The summed E-state index contributed by atoms with van der Waals surface area (Å²) in [4.78, 5) is 22.5. The van der Waals surface area contributed by atoms with Crippen molar-refractivity contribution in [1.82, 2.24) is 0 Å². The maximum absolute atomic E-state index is 11.8. The molecule has 1 N–H and O–H groups in total. The number of hydrogen-bond acceptors (Lipinski definition) is 5. The molecule has 0 aliphatic heterocycles. The maximum Gasteiger partial charge on any atom is 0.306 e. The Morgan fingerprint density at radius 1 is 0.568 bits per heavy atom. The van der Waals surface area contributed by atoms with Crippen molar-refractivity contribution >= 4 is 11.9 Å². The number of carboxylic acids is 1. The third-order valence-electron chi connectivity index (χ3n) is 6.77. The smallest absolute Gasteiger partial charge is 0.306 e. The van der Waals surface area contributed by atoms with Crippen molar-refractivity contribution in [3.63, 3.8) is 0 Å². The molecule has 0 amide bonds. The Hall–Kier alpha value is -1.14. The average Bonchev–Trinajstić information content (AvgIpc) is 2.89. The van der Waals surface area contributed by atoms with E-state index in [4.69, 9.17) is 19.3 Å². The molecular formula is C31H60O6. The molecule has 0 saturated carbocycles. The van der Waals surface area contributed by atoms with Crippen LogP contribution in [0.4, 0.5) is 0 Å². The van der Waals surface area contributed by atoms with E-state index in [9.17, 15) is 9.59 Å². The third kappa shape index (κ3) is 29.3. The highest BCUT2D eigenvalue weighted by Crippen LogP contribution is 2.12. The number of rotatable bonds is 30. The Morgan fingerprint density at radius 3 is 1.46 bits per heavy atom. The van der Waals surface area contributed by atoms with Crippen LogP contribution in [0.2, 0.25) is 0 Å². The minimum atomic E-state index is -0.995. The Bertz CT molecular complexity index is 496. The lowest BCUT2D eigenvalue weighted by atomic mass is 10.1. The molecule has 0 aliphatic rings. The van der Waals surface area contributed by atoms with Crippen molar-refractivity contribution in [2.75, 3.05) is 26.4 Å². The predicted molar refractivity (Wildman–Crippen MR) is 152 cm³/mol. The molecule has 0 rings (SSSR count). The first-order valence-electron chi connectivity index (χ1n) is 15.7. The normalized spacial score (nSPS) is 12.1. The molecule has 0 aromatic carbocycles. The van der Waals surface area contributed by atoms with E-state index >= 15 is 0 Å². The van der Waals surface area contributed by atoms with Gasteiger partial charge in [-0.25, -0.2) is 0 Å². The van der Waals surface area contributed by atoms with Gasteiger partial charge in [-0.3, -0.25) is 9.59 Å². The van der Waals surface area contributed by atoms with Gasteiger partial charge in [-0.15, -0.1) is 0 Å². The van der Waals surface area contributed by atoms with Crippen LogP contribution in [-0.2, 0) is 23.8 Å². The first-order chi connectivity index (χ1) is 18.1. The van der Waals surface area contributed by atoms with Gasteiger partial charge in [0.2, 0.25) is 0 Å². The fraction of sp³-hybridized carbons (Fsp3) is 0.935. The van der Waals surface area contributed by atoms with Gasteiger partial charge in [-0.05, 0) is 12.8 Å². The first-order valence-corrected chi connectivity index (χ1v) is 15.7. The van der Waals surface area contributed by atoms with Crippen LogP contribution < -0.4 is 0 Å². The van der Waals surface area contributed by atoms with Crippen molar-refractivity contribution < 1.29 is 28.9 Å². The van der Waals surface area contributed by atoms with Gasteiger partial charge in [0.05, 0.1) is 19.4 Å². The molecule has 0 fully saturated rings. The van der Waals surface area contributed by atoms with E-state index in [0.29, 0.717) is 19.8 Å². The second kappa shape index (κ2) is 29.4. The maximum atomic E-state index is 11.8. The Morgan fingerprint density at radius 2 is 1.00 bits per heavy atom. The van der Waals surface area contributed by atoms with E-state index in [1.165, 1.54) is 109 Å². The van der Waals surface area contributed by atoms with Crippen LogP contribution in [0.1, 0.15) is 155 Å². The predicted octanol–water partition coefficient (Wildman–Crippen LogP) is 8.64. The number of aliphatic carboxylic acids is 1. The molecular weight excluding hydrogens is 468 g/mol. The number of carbonyl (C=O) groups excluding carboxylic acids is 1. The monoisotopic (exact) mass is 528 g/mol. The summed E-state index contributed by atoms with van der Waals surface area (Å²) in [5.74, 6) is -1.49. The molecule has 0 heterocycles. The highest BCUT2D eigenvalue weighted by molar-refractivity contribution is 5.76. The van der Waals surface area contributed by atoms with Gasteiger partial charge in [-0.1, -0.05) is 129 Å². The van der Waals surface area contributed by atoms with Crippen LogP contribution >= 0.6 is 0 Å². The van der Waals surface area contributed by atoms with Crippen molar-refractivity contribution in [2.45, 2.75) is 161 Å². The summed E-state index contributed by atoms with van der Waals surface area (Å²) in [6, 6.07) is 0. The van der Waals surface area contributed by atoms with E-state index in [1.807, 2.05) is 0 Å². The van der Waals surface area contributed by atoms with Crippen LogP contribution in [0, 0.1) is 0 Å². The van der Waals surface area contributed by atoms with Gasteiger partial charge in [0, 0.05) is 13.2 Å². The van der Waals surface area contributed by atoms with Crippen LogP contribution in [-0.4, -0.2) is 49.6 Å². The zero-order valence-corrected chi connectivity index (χ0v) is 24.5. The van der Waals surface area contributed by atoms with E-state index in [1.54, 1.807) is 0 Å². The van der Waals surface area contributed by atoms with Crippen LogP contribution in [0.15, 0.2) is 0 Å². The Balaban J connectivity index is 3.94.